The molecule has 0 amide bonds. The molecule has 0 saturated heterocycles. The molecule has 0 aliphatic heterocycles. The van der Waals surface area contributed by atoms with Gasteiger partial charge in [0.2, 0.25) is 0 Å². The van der Waals surface area contributed by atoms with Crippen LogP contribution in [0.5, 0.6) is 0 Å². The van der Waals surface area contributed by atoms with Crippen molar-refractivity contribution in [1.29, 1.82) is 0 Å². The highest BCUT2D eigenvalue weighted by molar-refractivity contribution is 5.69. The summed E-state index contributed by atoms with van der Waals surface area (Å²) in [6.45, 7) is 5.26. The monoisotopic (exact) mass is 112 g/mol. The summed E-state index contributed by atoms with van der Waals surface area (Å²) in [7, 11) is 1.91. The highest BCUT2D eigenvalue weighted by Gasteiger charge is 1.71. The zero-order valence-electron chi connectivity index (χ0n) is 5.22. The molecule has 2 heteroatoms. The standard InChI is InChI=1S/C6H12N2/c1-3-4-8-6-5-7-2/h3-4,7H,1,5-6H2,2H3. The third-order valence-corrected chi connectivity index (χ3v) is 0.702. The van der Waals surface area contributed by atoms with E-state index in [1.54, 1.807) is 12.3 Å². The molecule has 0 unspecified atom stereocenters. The first-order valence-electron chi connectivity index (χ1n) is 2.67. The smallest absolute Gasteiger partial charge is 0.0514 e. The van der Waals surface area contributed by atoms with E-state index < -0.39 is 0 Å². The molecule has 0 spiro atoms. The molecular weight excluding hydrogens is 100 g/mol. The Kier molecular flexibility index (Phi) is 5.87. The van der Waals surface area contributed by atoms with Gasteiger partial charge in [-0.15, -0.1) is 0 Å². The fourth-order valence-corrected chi connectivity index (χ4v) is 0.325. The number of hydrogen-bond donors (Lipinski definition) is 1. The lowest BCUT2D eigenvalue weighted by molar-refractivity contribution is 0.804. The van der Waals surface area contributed by atoms with Crippen molar-refractivity contribution < 1.29 is 0 Å². The van der Waals surface area contributed by atoms with Crippen molar-refractivity contribution in [3.8, 4) is 0 Å². The normalized spacial score (nSPS) is 10.1. The molecule has 1 N–H and O–H groups in total. The Morgan fingerprint density at radius 1 is 1.75 bits per heavy atom. The Labute approximate surface area is 50.3 Å². The first kappa shape index (κ1) is 7.37. The van der Waals surface area contributed by atoms with Crippen molar-refractivity contribution in [2.45, 2.75) is 0 Å². The third-order valence-electron chi connectivity index (χ3n) is 0.702. The van der Waals surface area contributed by atoms with Gasteiger partial charge in [0, 0.05) is 12.8 Å². The molecule has 2 nitrogen and oxygen atoms in total. The predicted molar refractivity (Wildman–Crippen MR) is 37.5 cm³/mol. The fourth-order valence-electron chi connectivity index (χ4n) is 0.325. The van der Waals surface area contributed by atoms with Gasteiger partial charge in [-0.3, -0.25) is 4.99 Å². The van der Waals surface area contributed by atoms with E-state index in [4.69, 9.17) is 0 Å². The molecule has 0 atom stereocenters. The summed E-state index contributed by atoms with van der Waals surface area (Å²) < 4.78 is 0. The van der Waals surface area contributed by atoms with Crippen LogP contribution >= 0.6 is 0 Å². The maximum absolute atomic E-state index is 3.97. The van der Waals surface area contributed by atoms with Gasteiger partial charge in [0.25, 0.3) is 0 Å². The molecule has 46 valence electrons. The van der Waals surface area contributed by atoms with Gasteiger partial charge in [-0.1, -0.05) is 12.7 Å². The Morgan fingerprint density at radius 2 is 2.50 bits per heavy atom. The van der Waals surface area contributed by atoms with Gasteiger partial charge < -0.3 is 5.32 Å². The van der Waals surface area contributed by atoms with Crippen molar-refractivity contribution >= 4 is 6.21 Å². The SMILES string of the molecule is C=CC=NCCNC. The average Bonchev–Trinajstić information content (AvgIpc) is 1.81. The fraction of sp³-hybridized carbons (Fsp3) is 0.500. The number of hydrogen-bond acceptors (Lipinski definition) is 2. The molecule has 0 radical (unpaired) electrons. The van der Waals surface area contributed by atoms with Crippen LogP contribution in [0.25, 0.3) is 0 Å². The molecular formula is C6H12N2. The van der Waals surface area contributed by atoms with E-state index in [1.807, 2.05) is 7.05 Å². The van der Waals surface area contributed by atoms with E-state index in [-0.39, 0.29) is 0 Å². The largest absolute Gasteiger partial charge is 0.318 e. The summed E-state index contributed by atoms with van der Waals surface area (Å²) in [5.74, 6) is 0. The van der Waals surface area contributed by atoms with Crippen LogP contribution < -0.4 is 5.32 Å². The molecule has 0 aromatic carbocycles. The molecule has 0 heterocycles. The maximum atomic E-state index is 3.97. The van der Waals surface area contributed by atoms with Crippen LogP contribution in [0.15, 0.2) is 17.6 Å². The van der Waals surface area contributed by atoms with Crippen molar-refractivity contribution in [2.24, 2.45) is 4.99 Å². The van der Waals surface area contributed by atoms with Crippen molar-refractivity contribution in [2.75, 3.05) is 20.1 Å². The van der Waals surface area contributed by atoms with Gasteiger partial charge >= 0.3 is 0 Å². The lowest BCUT2D eigenvalue weighted by Crippen LogP contribution is -2.10. The van der Waals surface area contributed by atoms with Crippen LogP contribution in [0.2, 0.25) is 0 Å². The second-order valence-corrected chi connectivity index (χ2v) is 1.39. The Bertz CT molecular complexity index is 76.6. The topological polar surface area (TPSA) is 24.4 Å². The van der Waals surface area contributed by atoms with Crippen LogP contribution in [0, 0.1) is 0 Å². The summed E-state index contributed by atoms with van der Waals surface area (Å²) in [5.41, 5.74) is 0. The molecule has 0 aromatic heterocycles. The van der Waals surface area contributed by atoms with E-state index in [0.29, 0.717) is 0 Å². The highest BCUT2D eigenvalue weighted by Crippen LogP contribution is 1.63. The van der Waals surface area contributed by atoms with E-state index in [1.165, 1.54) is 0 Å². The summed E-state index contributed by atoms with van der Waals surface area (Å²) in [4.78, 5) is 3.97. The molecule has 0 rings (SSSR count). The highest BCUT2D eigenvalue weighted by atomic mass is 14.9. The number of nitrogens with one attached hydrogen (secondary N) is 1. The van der Waals surface area contributed by atoms with Crippen LogP contribution in [-0.2, 0) is 0 Å². The quantitative estimate of drug-likeness (QED) is 0.414. The number of rotatable bonds is 4. The Hall–Kier alpha value is -0.630. The molecule has 0 aliphatic rings. The molecule has 8 heavy (non-hydrogen) atoms. The van der Waals surface area contributed by atoms with Crippen LogP contribution in [0.3, 0.4) is 0 Å². The first-order chi connectivity index (χ1) is 3.91. The lowest BCUT2D eigenvalue weighted by Gasteiger charge is -1.88. The zero-order valence-corrected chi connectivity index (χ0v) is 5.22. The number of allylic oxidation sites excluding steroid dienone is 1. The summed E-state index contributed by atoms with van der Waals surface area (Å²) in [5, 5.41) is 2.98. The minimum atomic E-state index is 0.836. The minimum Gasteiger partial charge on any atom is -0.318 e. The summed E-state index contributed by atoms with van der Waals surface area (Å²) >= 11 is 0. The van der Waals surface area contributed by atoms with Gasteiger partial charge in [0.15, 0.2) is 0 Å². The van der Waals surface area contributed by atoms with E-state index in [2.05, 4.69) is 16.9 Å². The van der Waals surface area contributed by atoms with Crippen molar-refractivity contribution in [3.63, 3.8) is 0 Å². The Morgan fingerprint density at radius 3 is 3.00 bits per heavy atom. The number of likely N-dealkylation sites (N-methyl/N-ethyl adjacent to an activating group) is 1. The average molecular weight is 112 g/mol. The van der Waals surface area contributed by atoms with Gasteiger partial charge in [0.05, 0.1) is 6.54 Å². The second-order valence-electron chi connectivity index (χ2n) is 1.39. The molecule has 0 saturated carbocycles. The third kappa shape index (κ3) is 5.37. The van der Waals surface area contributed by atoms with E-state index in [9.17, 15) is 0 Å². The van der Waals surface area contributed by atoms with E-state index >= 15 is 0 Å². The predicted octanol–water partition coefficient (Wildman–Crippen LogP) is 0.463. The maximum Gasteiger partial charge on any atom is 0.0514 e. The second kappa shape index (κ2) is 6.37. The first-order valence-corrected chi connectivity index (χ1v) is 2.67. The summed E-state index contributed by atoms with van der Waals surface area (Å²) in [6, 6.07) is 0. The summed E-state index contributed by atoms with van der Waals surface area (Å²) in [6.07, 6.45) is 3.38. The van der Waals surface area contributed by atoms with E-state index in [0.717, 1.165) is 13.1 Å². The number of nitrogens with zero attached hydrogens (tertiary/aromatic N) is 1. The molecule has 0 aromatic rings. The van der Waals surface area contributed by atoms with Crippen LogP contribution in [-0.4, -0.2) is 26.4 Å². The Balaban J connectivity index is 2.91. The lowest BCUT2D eigenvalue weighted by atomic mass is 10.6. The van der Waals surface area contributed by atoms with Gasteiger partial charge in [-0.05, 0) is 7.05 Å². The van der Waals surface area contributed by atoms with Crippen molar-refractivity contribution in [3.05, 3.63) is 12.7 Å². The van der Waals surface area contributed by atoms with Crippen molar-refractivity contribution in [1.82, 2.24) is 5.32 Å². The molecule has 0 aliphatic carbocycles. The van der Waals surface area contributed by atoms with Crippen LogP contribution in [0.1, 0.15) is 0 Å². The van der Waals surface area contributed by atoms with Gasteiger partial charge in [-0.25, -0.2) is 0 Å². The van der Waals surface area contributed by atoms with Gasteiger partial charge in [-0.2, -0.15) is 0 Å². The minimum absolute atomic E-state index is 0.836. The van der Waals surface area contributed by atoms with Crippen LogP contribution in [0.4, 0.5) is 0 Å². The molecule has 0 fully saturated rings. The van der Waals surface area contributed by atoms with Gasteiger partial charge in [0.1, 0.15) is 0 Å². The number of aliphatic imine (C=N–C) groups is 1. The molecule has 0 bridgehead atoms. The zero-order chi connectivity index (χ0) is 6.24.